The summed E-state index contributed by atoms with van der Waals surface area (Å²) in [6.45, 7) is 0. The van der Waals surface area contributed by atoms with Crippen LogP contribution in [-0.2, 0) is 9.59 Å². The van der Waals surface area contributed by atoms with Crippen LogP contribution in [0.5, 0.6) is 0 Å². The van der Waals surface area contributed by atoms with Gasteiger partial charge in [0.2, 0.25) is 5.91 Å². The van der Waals surface area contributed by atoms with E-state index < -0.39 is 12.0 Å². The lowest BCUT2D eigenvalue weighted by Gasteiger charge is -2.27. The molecule has 1 saturated heterocycles. The molecule has 1 N–H and O–H groups in total. The van der Waals surface area contributed by atoms with Crippen molar-refractivity contribution in [3.63, 3.8) is 0 Å². The Kier molecular flexibility index (Phi) is 4.76. The lowest BCUT2D eigenvalue weighted by Crippen LogP contribution is -2.43. The SMILES string of the molecule is O=C(O)C1CSC(c2ccccc2)N1C(=O)CCS. The summed E-state index contributed by atoms with van der Waals surface area (Å²) in [5.74, 6) is -0.249. The quantitative estimate of drug-likeness (QED) is 0.835. The number of rotatable bonds is 4. The molecule has 2 unspecified atom stereocenters. The summed E-state index contributed by atoms with van der Waals surface area (Å²) in [4.78, 5) is 24.9. The van der Waals surface area contributed by atoms with Crippen LogP contribution in [0, 0.1) is 0 Å². The van der Waals surface area contributed by atoms with Gasteiger partial charge in [-0.3, -0.25) is 4.79 Å². The van der Waals surface area contributed by atoms with E-state index in [0.29, 0.717) is 11.5 Å². The third-order valence-electron chi connectivity index (χ3n) is 2.98. The highest BCUT2D eigenvalue weighted by atomic mass is 32.2. The fourth-order valence-corrected chi connectivity index (χ4v) is 3.73. The fourth-order valence-electron chi connectivity index (χ4n) is 2.10. The van der Waals surface area contributed by atoms with E-state index in [0.717, 1.165) is 5.56 Å². The van der Waals surface area contributed by atoms with Crippen LogP contribution in [0.3, 0.4) is 0 Å². The number of amides is 1. The molecule has 0 aliphatic carbocycles. The molecule has 4 nitrogen and oxygen atoms in total. The first-order valence-electron chi connectivity index (χ1n) is 5.96. The maximum atomic E-state index is 12.1. The Hall–Kier alpha value is -1.14. The van der Waals surface area contributed by atoms with Crippen molar-refractivity contribution < 1.29 is 14.7 Å². The van der Waals surface area contributed by atoms with Crippen molar-refractivity contribution in [1.82, 2.24) is 4.90 Å². The number of nitrogens with zero attached hydrogens (tertiary/aromatic N) is 1. The van der Waals surface area contributed by atoms with E-state index in [4.69, 9.17) is 0 Å². The van der Waals surface area contributed by atoms with Crippen molar-refractivity contribution in [2.45, 2.75) is 17.8 Å². The first-order valence-corrected chi connectivity index (χ1v) is 7.64. The van der Waals surface area contributed by atoms with Crippen LogP contribution in [-0.4, -0.2) is 39.4 Å². The zero-order valence-electron chi connectivity index (χ0n) is 10.2. The minimum absolute atomic E-state index is 0.152. The Labute approximate surface area is 121 Å². The van der Waals surface area contributed by atoms with Crippen LogP contribution >= 0.6 is 24.4 Å². The molecule has 0 radical (unpaired) electrons. The minimum atomic E-state index is -0.946. The van der Waals surface area contributed by atoms with E-state index in [1.165, 1.54) is 16.7 Å². The summed E-state index contributed by atoms with van der Waals surface area (Å²) in [5, 5.41) is 9.03. The molecule has 0 bridgehead atoms. The second kappa shape index (κ2) is 6.34. The van der Waals surface area contributed by atoms with Crippen molar-refractivity contribution in [3.05, 3.63) is 35.9 Å². The second-order valence-corrected chi connectivity index (χ2v) is 5.79. The van der Waals surface area contributed by atoms with E-state index in [2.05, 4.69) is 12.6 Å². The molecule has 1 fully saturated rings. The highest BCUT2D eigenvalue weighted by molar-refractivity contribution is 7.99. The van der Waals surface area contributed by atoms with Gasteiger partial charge in [0.25, 0.3) is 0 Å². The van der Waals surface area contributed by atoms with E-state index in [1.807, 2.05) is 30.3 Å². The number of thioether (sulfide) groups is 1. The van der Waals surface area contributed by atoms with Gasteiger partial charge in [-0.2, -0.15) is 12.6 Å². The molecule has 1 aromatic carbocycles. The lowest BCUT2D eigenvalue weighted by molar-refractivity contribution is -0.149. The van der Waals surface area contributed by atoms with Gasteiger partial charge in [0.05, 0.1) is 0 Å². The Morgan fingerprint density at radius 3 is 2.63 bits per heavy atom. The molecule has 0 spiro atoms. The van der Waals surface area contributed by atoms with Crippen molar-refractivity contribution in [2.24, 2.45) is 0 Å². The largest absolute Gasteiger partial charge is 0.480 e. The summed E-state index contributed by atoms with van der Waals surface area (Å²) < 4.78 is 0. The maximum Gasteiger partial charge on any atom is 0.327 e. The normalized spacial score (nSPS) is 22.5. The highest BCUT2D eigenvalue weighted by Gasteiger charge is 2.41. The van der Waals surface area contributed by atoms with Gasteiger partial charge in [0.15, 0.2) is 0 Å². The summed E-state index contributed by atoms with van der Waals surface area (Å²) in [6.07, 6.45) is 0.261. The zero-order valence-corrected chi connectivity index (χ0v) is 11.9. The number of carbonyl (C=O) groups excluding carboxylic acids is 1. The predicted octanol–water partition coefficient (Wildman–Crippen LogP) is 2.03. The average Bonchev–Trinajstić information content (AvgIpc) is 2.85. The molecule has 0 aromatic heterocycles. The molecule has 0 saturated carbocycles. The van der Waals surface area contributed by atoms with Gasteiger partial charge < -0.3 is 10.0 Å². The number of benzene rings is 1. The minimum Gasteiger partial charge on any atom is -0.480 e. The van der Waals surface area contributed by atoms with Crippen LogP contribution in [0.4, 0.5) is 0 Å². The lowest BCUT2D eigenvalue weighted by atomic mass is 10.1. The van der Waals surface area contributed by atoms with Gasteiger partial charge in [0.1, 0.15) is 11.4 Å². The van der Waals surface area contributed by atoms with Crippen molar-refractivity contribution in [2.75, 3.05) is 11.5 Å². The predicted molar refractivity (Wildman–Crippen MR) is 78.4 cm³/mol. The zero-order chi connectivity index (χ0) is 13.8. The van der Waals surface area contributed by atoms with Gasteiger partial charge in [-0.25, -0.2) is 4.79 Å². The van der Waals surface area contributed by atoms with Gasteiger partial charge in [0, 0.05) is 12.2 Å². The number of carboxylic acid groups (broad SMARTS) is 1. The average molecular weight is 297 g/mol. The molecule has 1 heterocycles. The Bertz CT molecular complexity index is 466. The van der Waals surface area contributed by atoms with Gasteiger partial charge in [-0.05, 0) is 11.3 Å². The summed E-state index contributed by atoms with van der Waals surface area (Å²) >= 11 is 5.54. The molecular formula is C13H15NO3S2. The molecule has 1 amide bonds. The molecule has 2 atom stereocenters. The van der Waals surface area contributed by atoms with Gasteiger partial charge in [-0.15, -0.1) is 11.8 Å². The molecule has 2 rings (SSSR count). The van der Waals surface area contributed by atoms with Crippen LogP contribution < -0.4 is 0 Å². The molecule has 1 aliphatic heterocycles. The third-order valence-corrected chi connectivity index (χ3v) is 4.53. The summed E-state index contributed by atoms with van der Waals surface area (Å²) in [7, 11) is 0. The van der Waals surface area contributed by atoms with Crippen LogP contribution in [0.2, 0.25) is 0 Å². The summed E-state index contributed by atoms with van der Waals surface area (Å²) in [5.41, 5.74) is 0.962. The van der Waals surface area contributed by atoms with E-state index in [-0.39, 0.29) is 17.7 Å². The fraction of sp³-hybridized carbons (Fsp3) is 0.385. The smallest absolute Gasteiger partial charge is 0.327 e. The van der Waals surface area contributed by atoms with Crippen molar-refractivity contribution in [3.8, 4) is 0 Å². The van der Waals surface area contributed by atoms with E-state index >= 15 is 0 Å². The number of carboxylic acids is 1. The monoisotopic (exact) mass is 297 g/mol. The number of hydrogen-bond donors (Lipinski definition) is 2. The first kappa shape index (κ1) is 14.3. The van der Waals surface area contributed by atoms with Crippen LogP contribution in [0.15, 0.2) is 30.3 Å². The molecule has 6 heteroatoms. The number of carbonyl (C=O) groups is 2. The van der Waals surface area contributed by atoms with Crippen molar-refractivity contribution >= 4 is 36.3 Å². The molecule has 102 valence electrons. The van der Waals surface area contributed by atoms with E-state index in [9.17, 15) is 14.7 Å². The van der Waals surface area contributed by atoms with Crippen LogP contribution in [0.25, 0.3) is 0 Å². The highest BCUT2D eigenvalue weighted by Crippen LogP contribution is 2.41. The Balaban J connectivity index is 2.28. The van der Waals surface area contributed by atoms with Gasteiger partial charge in [-0.1, -0.05) is 30.3 Å². The van der Waals surface area contributed by atoms with Crippen LogP contribution in [0.1, 0.15) is 17.4 Å². The maximum absolute atomic E-state index is 12.1. The molecule has 19 heavy (non-hydrogen) atoms. The molecule has 1 aromatic rings. The first-order chi connectivity index (χ1) is 9.15. The van der Waals surface area contributed by atoms with Crippen molar-refractivity contribution in [1.29, 1.82) is 0 Å². The molecule has 1 aliphatic rings. The number of hydrogen-bond acceptors (Lipinski definition) is 4. The standard InChI is InChI=1S/C13H15NO3S2/c15-11(6-7-18)14-10(13(16)17)8-19-12(14)9-4-2-1-3-5-9/h1-5,10,12,18H,6-8H2,(H,16,17). The topological polar surface area (TPSA) is 57.6 Å². The second-order valence-electron chi connectivity index (χ2n) is 4.23. The summed E-state index contributed by atoms with van der Waals surface area (Å²) in [6, 6.07) is 8.78. The Morgan fingerprint density at radius 2 is 2.05 bits per heavy atom. The number of aliphatic carboxylic acids is 1. The van der Waals surface area contributed by atoms with E-state index in [1.54, 1.807) is 0 Å². The van der Waals surface area contributed by atoms with Gasteiger partial charge >= 0.3 is 5.97 Å². The number of thiol groups is 1. The Morgan fingerprint density at radius 1 is 1.37 bits per heavy atom. The third kappa shape index (κ3) is 3.06. The molecular weight excluding hydrogens is 282 g/mol.